The first-order valence-corrected chi connectivity index (χ1v) is 5.47. The van der Waals surface area contributed by atoms with Crippen LogP contribution in [0.15, 0.2) is 48.7 Å². The van der Waals surface area contributed by atoms with E-state index in [-0.39, 0.29) is 12.3 Å². The highest BCUT2D eigenvalue weighted by molar-refractivity contribution is 5.33. The topological polar surface area (TPSA) is 65.3 Å². The minimum atomic E-state index is -0.450. The van der Waals surface area contributed by atoms with Crippen LogP contribution in [-0.2, 0) is 18.0 Å². The summed E-state index contributed by atoms with van der Waals surface area (Å²) in [5.74, 6) is 0. The molecule has 0 saturated heterocycles. The number of pyridine rings is 1. The van der Waals surface area contributed by atoms with E-state index in [2.05, 4.69) is 4.98 Å². The summed E-state index contributed by atoms with van der Waals surface area (Å²) in [6.45, 7) is 0.542. The normalized spacial score (nSPS) is 10.2. The number of rotatable bonds is 5. The predicted molar refractivity (Wildman–Crippen MR) is 65.8 cm³/mol. The second-order valence-electron chi connectivity index (χ2n) is 3.70. The molecule has 5 heteroatoms. The molecule has 18 heavy (non-hydrogen) atoms. The van der Waals surface area contributed by atoms with E-state index < -0.39 is 4.92 Å². The van der Waals surface area contributed by atoms with Crippen molar-refractivity contribution in [3.63, 3.8) is 0 Å². The molecule has 0 aliphatic carbocycles. The minimum absolute atomic E-state index is 0.00874. The van der Waals surface area contributed by atoms with Crippen molar-refractivity contribution < 1.29 is 9.66 Å². The van der Waals surface area contributed by atoms with E-state index in [0.29, 0.717) is 12.3 Å². The van der Waals surface area contributed by atoms with Crippen LogP contribution in [0, 0.1) is 10.1 Å². The smallest absolute Gasteiger partial charge is 0.293 e. The molecule has 0 radical (unpaired) electrons. The average molecular weight is 244 g/mol. The number of nitro groups is 1. The first-order valence-electron chi connectivity index (χ1n) is 5.47. The maximum atomic E-state index is 10.8. The maximum absolute atomic E-state index is 10.8. The number of ether oxygens (including phenoxy) is 1. The Morgan fingerprint density at radius 1 is 1.11 bits per heavy atom. The van der Waals surface area contributed by atoms with Gasteiger partial charge in [0.1, 0.15) is 5.69 Å². The van der Waals surface area contributed by atoms with Crippen molar-refractivity contribution in [1.82, 2.24) is 4.98 Å². The largest absolute Gasteiger partial charge is 0.370 e. The van der Waals surface area contributed by atoms with Gasteiger partial charge in [0.25, 0.3) is 5.69 Å². The summed E-state index contributed by atoms with van der Waals surface area (Å²) in [7, 11) is 0. The van der Waals surface area contributed by atoms with Crippen LogP contribution in [0.5, 0.6) is 0 Å². The van der Waals surface area contributed by atoms with Crippen molar-refractivity contribution in [3.05, 3.63) is 70.0 Å². The SMILES string of the molecule is O=[N+]([O-])c1cccnc1COCc1ccccc1. The van der Waals surface area contributed by atoms with Gasteiger partial charge >= 0.3 is 0 Å². The molecule has 2 aromatic rings. The van der Waals surface area contributed by atoms with Gasteiger partial charge in [-0.1, -0.05) is 30.3 Å². The lowest BCUT2D eigenvalue weighted by Gasteiger charge is -2.04. The molecule has 1 heterocycles. The quantitative estimate of drug-likeness (QED) is 0.599. The second-order valence-corrected chi connectivity index (χ2v) is 3.70. The summed E-state index contributed by atoms with van der Waals surface area (Å²) in [6, 6.07) is 12.6. The molecule has 0 N–H and O–H groups in total. The van der Waals surface area contributed by atoms with Gasteiger partial charge in [-0.25, -0.2) is 0 Å². The van der Waals surface area contributed by atoms with E-state index in [0.717, 1.165) is 5.56 Å². The Bertz CT molecular complexity index is 529. The highest BCUT2D eigenvalue weighted by atomic mass is 16.6. The van der Waals surface area contributed by atoms with Gasteiger partial charge < -0.3 is 4.74 Å². The number of nitrogens with zero attached hydrogens (tertiary/aromatic N) is 2. The first kappa shape index (κ1) is 12.2. The maximum Gasteiger partial charge on any atom is 0.293 e. The molecule has 1 aromatic heterocycles. The Balaban J connectivity index is 1.97. The molecule has 0 unspecified atom stereocenters. The van der Waals surface area contributed by atoms with Gasteiger partial charge in [0, 0.05) is 12.3 Å². The Morgan fingerprint density at radius 3 is 2.61 bits per heavy atom. The fourth-order valence-corrected chi connectivity index (χ4v) is 1.55. The Morgan fingerprint density at radius 2 is 1.89 bits per heavy atom. The molecule has 0 amide bonds. The number of hydrogen-bond donors (Lipinski definition) is 0. The second kappa shape index (κ2) is 5.88. The Kier molecular flexibility index (Phi) is 3.98. The number of benzene rings is 1. The fraction of sp³-hybridized carbons (Fsp3) is 0.154. The van der Waals surface area contributed by atoms with Crippen LogP contribution >= 0.6 is 0 Å². The van der Waals surface area contributed by atoms with Crippen LogP contribution < -0.4 is 0 Å². The molecule has 5 nitrogen and oxygen atoms in total. The zero-order valence-corrected chi connectivity index (χ0v) is 9.65. The number of hydrogen-bond acceptors (Lipinski definition) is 4. The highest BCUT2D eigenvalue weighted by Crippen LogP contribution is 2.16. The minimum Gasteiger partial charge on any atom is -0.370 e. The van der Waals surface area contributed by atoms with Crippen LogP contribution in [-0.4, -0.2) is 9.91 Å². The van der Waals surface area contributed by atoms with Crippen molar-refractivity contribution in [1.29, 1.82) is 0 Å². The van der Waals surface area contributed by atoms with Crippen molar-refractivity contribution in [3.8, 4) is 0 Å². The van der Waals surface area contributed by atoms with Gasteiger partial charge in [-0.2, -0.15) is 0 Å². The lowest BCUT2D eigenvalue weighted by atomic mass is 10.2. The molecule has 0 fully saturated rings. The van der Waals surface area contributed by atoms with Crippen molar-refractivity contribution >= 4 is 5.69 Å². The van der Waals surface area contributed by atoms with Crippen molar-refractivity contribution in [2.75, 3.05) is 0 Å². The van der Waals surface area contributed by atoms with Gasteiger partial charge in [-0.3, -0.25) is 15.1 Å². The fourth-order valence-electron chi connectivity index (χ4n) is 1.55. The van der Waals surface area contributed by atoms with Crippen LogP contribution in [0.4, 0.5) is 5.69 Å². The Labute approximate surface area is 104 Å². The third-order valence-electron chi connectivity index (χ3n) is 2.41. The summed E-state index contributed by atoms with van der Waals surface area (Å²) >= 11 is 0. The molecule has 2 rings (SSSR count). The third-order valence-corrected chi connectivity index (χ3v) is 2.41. The molecule has 1 aromatic carbocycles. The van der Waals surface area contributed by atoms with Gasteiger partial charge in [0.05, 0.1) is 18.1 Å². The predicted octanol–water partition coefficient (Wildman–Crippen LogP) is 2.71. The molecule has 0 spiro atoms. The molecular formula is C13H12N2O3. The zero-order chi connectivity index (χ0) is 12.8. The molecule has 92 valence electrons. The summed E-state index contributed by atoms with van der Waals surface area (Å²) in [6.07, 6.45) is 1.52. The summed E-state index contributed by atoms with van der Waals surface area (Å²) in [5, 5.41) is 10.8. The molecule has 0 aliphatic heterocycles. The average Bonchev–Trinajstić information content (AvgIpc) is 2.40. The van der Waals surface area contributed by atoms with E-state index in [9.17, 15) is 10.1 Å². The van der Waals surface area contributed by atoms with Crippen molar-refractivity contribution in [2.45, 2.75) is 13.2 Å². The van der Waals surface area contributed by atoms with Crippen molar-refractivity contribution in [2.24, 2.45) is 0 Å². The highest BCUT2D eigenvalue weighted by Gasteiger charge is 2.13. The lowest BCUT2D eigenvalue weighted by molar-refractivity contribution is -0.386. The molecule has 0 atom stereocenters. The van der Waals surface area contributed by atoms with E-state index in [1.165, 1.54) is 12.3 Å². The first-order chi connectivity index (χ1) is 8.77. The lowest BCUT2D eigenvalue weighted by Crippen LogP contribution is -2.01. The molecule has 0 saturated carbocycles. The zero-order valence-electron chi connectivity index (χ0n) is 9.65. The van der Waals surface area contributed by atoms with Crippen LogP contribution in [0.3, 0.4) is 0 Å². The third kappa shape index (κ3) is 3.11. The van der Waals surface area contributed by atoms with Crippen LogP contribution in [0.25, 0.3) is 0 Å². The molecule has 0 aliphatic rings. The summed E-state index contributed by atoms with van der Waals surface area (Å²) < 4.78 is 5.43. The van der Waals surface area contributed by atoms with Crippen LogP contribution in [0.2, 0.25) is 0 Å². The Hall–Kier alpha value is -2.27. The van der Waals surface area contributed by atoms with Gasteiger partial charge in [-0.05, 0) is 11.6 Å². The summed E-state index contributed by atoms with van der Waals surface area (Å²) in [4.78, 5) is 14.3. The van der Waals surface area contributed by atoms with E-state index in [1.807, 2.05) is 30.3 Å². The van der Waals surface area contributed by atoms with Gasteiger partial charge in [0.2, 0.25) is 0 Å². The van der Waals surface area contributed by atoms with Gasteiger partial charge in [0.15, 0.2) is 0 Å². The molecular weight excluding hydrogens is 232 g/mol. The summed E-state index contributed by atoms with van der Waals surface area (Å²) in [5.41, 5.74) is 1.36. The van der Waals surface area contributed by atoms with Crippen LogP contribution in [0.1, 0.15) is 11.3 Å². The monoisotopic (exact) mass is 244 g/mol. The van der Waals surface area contributed by atoms with E-state index >= 15 is 0 Å². The molecule has 0 bridgehead atoms. The standard InChI is InChI=1S/C13H12N2O3/c16-15(17)13-7-4-8-14-12(13)10-18-9-11-5-2-1-3-6-11/h1-8H,9-10H2. The van der Waals surface area contributed by atoms with E-state index in [1.54, 1.807) is 6.07 Å². The number of aromatic nitrogens is 1. The van der Waals surface area contributed by atoms with E-state index in [4.69, 9.17) is 4.74 Å². The van der Waals surface area contributed by atoms with Gasteiger partial charge in [-0.15, -0.1) is 0 Å².